The minimum absolute atomic E-state index is 0.0516. The Labute approximate surface area is 229 Å². The average molecular weight is 545 g/mol. The molecule has 0 rings (SSSR count). The fourth-order valence-electron chi connectivity index (χ4n) is 7.15. The maximum atomic E-state index is 7.85. The lowest BCUT2D eigenvalue weighted by Gasteiger charge is -2.60. The van der Waals surface area contributed by atoms with Crippen LogP contribution in [0.3, 0.4) is 0 Å². The van der Waals surface area contributed by atoms with Gasteiger partial charge in [0.05, 0.1) is 11.2 Å². The molecule has 218 valence electrons. The molecule has 0 aromatic heterocycles. The number of hydrogen-bond donors (Lipinski definition) is 2. The summed E-state index contributed by atoms with van der Waals surface area (Å²) in [4.78, 5) is 0. The third-order valence-corrected chi connectivity index (χ3v) is 20.0. The number of nitrogens with one attached hydrogen (secondary N) is 1. The molecule has 0 saturated carbocycles. The first-order valence-electron chi connectivity index (χ1n) is 15.4. The van der Waals surface area contributed by atoms with Crippen LogP contribution in [0.1, 0.15) is 127 Å². The molecule has 0 bridgehead atoms. The predicted octanol–water partition coefficient (Wildman–Crippen LogP) is 9.02. The van der Waals surface area contributed by atoms with Crippen molar-refractivity contribution in [3.63, 3.8) is 0 Å². The van der Waals surface area contributed by atoms with Gasteiger partial charge in [-0.1, -0.05) is 68.2 Å². The molecule has 0 aliphatic carbocycles. The predicted molar refractivity (Wildman–Crippen MR) is 167 cm³/mol. The van der Waals surface area contributed by atoms with Crippen molar-refractivity contribution < 1.29 is 8.85 Å². The van der Waals surface area contributed by atoms with E-state index in [0.717, 1.165) is 58.0 Å². The Bertz CT molecular complexity index is 606. The summed E-state index contributed by atoms with van der Waals surface area (Å²) in [5.74, 6) is 0. The Morgan fingerprint density at radius 3 is 1.67 bits per heavy atom. The molecule has 0 aromatic carbocycles. The van der Waals surface area contributed by atoms with Crippen molar-refractivity contribution in [2.75, 3.05) is 19.6 Å². The van der Waals surface area contributed by atoms with Crippen molar-refractivity contribution >= 4 is 16.6 Å². The second-order valence-electron chi connectivity index (χ2n) is 13.1. The van der Waals surface area contributed by atoms with E-state index in [1.165, 1.54) is 18.9 Å². The van der Waals surface area contributed by atoms with Gasteiger partial charge in [-0.25, -0.2) is 0 Å². The average Bonchev–Trinajstić information content (AvgIpc) is 2.79. The van der Waals surface area contributed by atoms with Gasteiger partial charge in [0.25, 0.3) is 0 Å². The molecular weight excluding hydrogens is 477 g/mol. The van der Waals surface area contributed by atoms with E-state index in [-0.39, 0.29) is 21.3 Å². The molecule has 0 aliphatic heterocycles. The van der Waals surface area contributed by atoms with Crippen LogP contribution < -0.4 is 11.1 Å². The largest absolute Gasteiger partial charge is 0.412 e. The third-order valence-electron chi connectivity index (χ3n) is 10.2. The third kappa shape index (κ3) is 8.38. The molecule has 0 fully saturated rings. The van der Waals surface area contributed by atoms with Crippen molar-refractivity contribution in [1.29, 1.82) is 0 Å². The van der Waals surface area contributed by atoms with Gasteiger partial charge in [0.2, 0.25) is 0 Å². The minimum atomic E-state index is -2.19. The summed E-state index contributed by atoms with van der Waals surface area (Å²) >= 11 is 0. The Morgan fingerprint density at radius 2 is 1.25 bits per heavy atom. The van der Waals surface area contributed by atoms with Crippen LogP contribution in [0.15, 0.2) is 0 Å². The zero-order chi connectivity index (χ0) is 28.3. The molecule has 0 spiro atoms. The highest BCUT2D eigenvalue weighted by Gasteiger charge is 2.61. The molecule has 0 aliphatic rings. The molecule has 0 aromatic rings. The molecule has 4 nitrogen and oxygen atoms in total. The van der Waals surface area contributed by atoms with Crippen LogP contribution in [0.5, 0.6) is 0 Å². The SMILES string of the molecule is CCCC(C)(O[Si](C)(CCCNCCN)C(C)(C)CCC)C(CC)(CC)[Si](C)(C)OC(C)(CC)CC. The van der Waals surface area contributed by atoms with E-state index >= 15 is 0 Å². The highest BCUT2D eigenvalue weighted by molar-refractivity contribution is 6.77. The van der Waals surface area contributed by atoms with Crippen molar-refractivity contribution in [2.45, 2.75) is 174 Å². The van der Waals surface area contributed by atoms with Crippen LogP contribution in [0, 0.1) is 0 Å². The Balaban J connectivity index is 6.65. The molecule has 0 radical (unpaired) electrons. The van der Waals surface area contributed by atoms with Crippen LogP contribution in [0.4, 0.5) is 0 Å². The van der Waals surface area contributed by atoms with Gasteiger partial charge in [0.15, 0.2) is 16.6 Å². The molecule has 6 heteroatoms. The molecule has 36 heavy (non-hydrogen) atoms. The zero-order valence-electron chi connectivity index (χ0n) is 27.1. The van der Waals surface area contributed by atoms with Gasteiger partial charge in [-0.15, -0.1) is 0 Å². The lowest BCUT2D eigenvalue weighted by molar-refractivity contribution is -0.0200. The maximum absolute atomic E-state index is 7.85. The number of rotatable bonds is 21. The van der Waals surface area contributed by atoms with E-state index in [9.17, 15) is 0 Å². The van der Waals surface area contributed by atoms with Gasteiger partial charge in [-0.3, -0.25) is 0 Å². The van der Waals surface area contributed by atoms with Crippen LogP contribution in [-0.2, 0) is 8.85 Å². The summed E-state index contributed by atoms with van der Waals surface area (Å²) in [5, 5.41) is 3.79. The highest BCUT2D eigenvalue weighted by Crippen LogP contribution is 2.61. The molecule has 0 amide bonds. The van der Waals surface area contributed by atoms with Crippen LogP contribution in [0.25, 0.3) is 0 Å². The molecule has 2 unspecified atom stereocenters. The quantitative estimate of drug-likeness (QED) is 0.112. The van der Waals surface area contributed by atoms with Crippen molar-refractivity contribution in [3.8, 4) is 0 Å². The van der Waals surface area contributed by atoms with Crippen LogP contribution in [0.2, 0.25) is 35.8 Å². The fraction of sp³-hybridized carbons (Fsp3) is 1.00. The number of hydrogen-bond acceptors (Lipinski definition) is 4. The fourth-order valence-corrected chi connectivity index (χ4v) is 16.1. The van der Waals surface area contributed by atoms with Crippen molar-refractivity contribution in [3.05, 3.63) is 0 Å². The minimum Gasteiger partial charge on any atom is -0.412 e. The second-order valence-corrected chi connectivity index (χ2v) is 21.8. The first-order valence-corrected chi connectivity index (χ1v) is 20.9. The van der Waals surface area contributed by atoms with E-state index < -0.39 is 16.6 Å². The number of nitrogens with two attached hydrogens (primary N) is 1. The van der Waals surface area contributed by atoms with Gasteiger partial charge < -0.3 is 19.9 Å². The summed E-state index contributed by atoms with van der Waals surface area (Å²) in [6.07, 6.45) is 10.2. The van der Waals surface area contributed by atoms with E-state index in [1.54, 1.807) is 0 Å². The van der Waals surface area contributed by atoms with Crippen LogP contribution >= 0.6 is 0 Å². The maximum Gasteiger partial charge on any atom is 0.196 e. The first-order chi connectivity index (χ1) is 16.6. The van der Waals surface area contributed by atoms with Gasteiger partial charge in [0.1, 0.15) is 0 Å². The summed E-state index contributed by atoms with van der Waals surface area (Å²) in [5.41, 5.74) is 5.46. The lowest BCUT2D eigenvalue weighted by Crippen LogP contribution is -2.64. The summed E-state index contributed by atoms with van der Waals surface area (Å²) in [6, 6.07) is 1.19. The Hall–Kier alpha value is 0.274. The highest BCUT2D eigenvalue weighted by atomic mass is 28.4. The topological polar surface area (TPSA) is 56.5 Å². The first kappa shape index (κ1) is 36.3. The molecule has 3 N–H and O–H groups in total. The van der Waals surface area contributed by atoms with Crippen molar-refractivity contribution in [2.24, 2.45) is 5.73 Å². The van der Waals surface area contributed by atoms with Gasteiger partial charge in [0, 0.05) is 18.1 Å². The molecule has 0 heterocycles. The van der Waals surface area contributed by atoms with Gasteiger partial charge in [-0.05, 0) is 96.1 Å². The second kappa shape index (κ2) is 15.2. The van der Waals surface area contributed by atoms with E-state index in [0.29, 0.717) is 6.54 Å². The Morgan fingerprint density at radius 1 is 0.722 bits per heavy atom. The van der Waals surface area contributed by atoms with Gasteiger partial charge in [-0.2, -0.15) is 0 Å². The summed E-state index contributed by atoms with van der Waals surface area (Å²) < 4.78 is 15.1. The smallest absolute Gasteiger partial charge is 0.196 e. The van der Waals surface area contributed by atoms with E-state index in [2.05, 4.69) is 94.2 Å². The standard InChI is InChI=1S/C30H68N2O2Si2/c1-14-21-27(7,8)36(13,26-20-24-32-25-23-31)34-29(10,22-15-2)30(18-5,19-6)35(11,12)33-28(9,16-3)17-4/h32H,14-26,31H2,1-13H3. The monoisotopic (exact) mass is 544 g/mol. The lowest BCUT2D eigenvalue weighted by atomic mass is 9.80. The molecule has 0 saturated heterocycles. The van der Waals surface area contributed by atoms with E-state index in [1.807, 2.05) is 0 Å². The van der Waals surface area contributed by atoms with Gasteiger partial charge >= 0.3 is 0 Å². The molecule has 2 atom stereocenters. The van der Waals surface area contributed by atoms with Crippen LogP contribution in [-0.4, -0.2) is 47.5 Å². The summed E-state index contributed by atoms with van der Waals surface area (Å²) in [6.45, 7) is 34.0. The molecular formula is C30H68N2O2Si2. The zero-order valence-corrected chi connectivity index (χ0v) is 29.1. The normalized spacial score (nSPS) is 17.2. The van der Waals surface area contributed by atoms with Crippen molar-refractivity contribution in [1.82, 2.24) is 5.32 Å². The Kier molecular flexibility index (Phi) is 15.3. The summed E-state index contributed by atoms with van der Waals surface area (Å²) in [7, 11) is -4.32. The van der Waals surface area contributed by atoms with E-state index in [4.69, 9.17) is 14.6 Å².